The zero-order chi connectivity index (χ0) is 42.2. The monoisotopic (exact) mass is 827 g/mol. The van der Waals surface area contributed by atoms with E-state index in [0.717, 1.165) is 0 Å². The van der Waals surface area contributed by atoms with Crippen molar-refractivity contribution >= 4 is 0 Å². The lowest BCUT2D eigenvalue weighted by Gasteiger charge is -2.33. The molecule has 1 heterocycles. The highest BCUT2D eigenvalue weighted by Gasteiger charge is 2.25. The molecule has 0 saturated carbocycles. The van der Waals surface area contributed by atoms with Crippen molar-refractivity contribution in [1.29, 1.82) is 0 Å². The molecule has 0 bridgehead atoms. The molecule has 1 aliphatic rings. The van der Waals surface area contributed by atoms with Gasteiger partial charge in [0, 0.05) is 25.5 Å². The molecule has 59 heavy (non-hydrogen) atoms. The van der Waals surface area contributed by atoms with Crippen molar-refractivity contribution in [2.24, 2.45) is 0 Å². The van der Waals surface area contributed by atoms with Gasteiger partial charge in [0.15, 0.2) is 0 Å². The van der Waals surface area contributed by atoms with Crippen LogP contribution in [0.2, 0.25) is 0 Å². The first kappa shape index (κ1) is 56.4. The number of unbranched alkanes of at least 4 members (excludes halogenated alkanes) is 45. The molecule has 352 valence electrons. The fourth-order valence-corrected chi connectivity index (χ4v) is 9.90. The Hall–Kier alpha value is -0.660. The Bertz CT molecular complexity index is 792. The number of rotatable bonds is 51. The highest BCUT2D eigenvalue weighted by Crippen LogP contribution is 2.25. The molecular formula is C57H114N2. The van der Waals surface area contributed by atoms with Crippen molar-refractivity contribution < 1.29 is 0 Å². The molecule has 1 aliphatic heterocycles. The zero-order valence-corrected chi connectivity index (χ0v) is 41.7. The maximum atomic E-state index is 2.75. The van der Waals surface area contributed by atoms with Crippen LogP contribution in [0.25, 0.3) is 0 Å². The fourth-order valence-electron chi connectivity index (χ4n) is 9.90. The predicted octanol–water partition coefficient (Wildman–Crippen LogP) is 20.6. The van der Waals surface area contributed by atoms with Gasteiger partial charge in [0.2, 0.25) is 0 Å². The van der Waals surface area contributed by atoms with Crippen molar-refractivity contribution in [1.82, 2.24) is 9.80 Å². The first-order valence-electron chi connectivity index (χ1n) is 28.5. The normalized spacial score (nSPS) is 14.1. The van der Waals surface area contributed by atoms with E-state index in [1.54, 1.807) is 0 Å². The van der Waals surface area contributed by atoms with Crippen LogP contribution in [-0.4, -0.2) is 29.1 Å². The molecule has 0 aromatic carbocycles. The molecule has 1 unspecified atom stereocenters. The molecule has 0 aromatic heterocycles. The summed E-state index contributed by atoms with van der Waals surface area (Å²) < 4.78 is 0. The number of hydrogen-bond acceptors (Lipinski definition) is 2. The summed E-state index contributed by atoms with van der Waals surface area (Å²) in [5, 5.41) is 0. The number of nitrogens with zero attached hydrogens (tertiary/aromatic N) is 2. The van der Waals surface area contributed by atoms with Crippen LogP contribution in [0.15, 0.2) is 12.4 Å². The summed E-state index contributed by atoms with van der Waals surface area (Å²) in [6.45, 7) is 9.50. The van der Waals surface area contributed by atoms with Gasteiger partial charge in [-0.1, -0.05) is 310 Å². The van der Waals surface area contributed by atoms with Crippen LogP contribution in [0.3, 0.4) is 0 Å². The Kier molecular flexibility index (Phi) is 46.2. The summed E-state index contributed by atoms with van der Waals surface area (Å²) in [4.78, 5) is 5.50. The van der Waals surface area contributed by atoms with E-state index in [4.69, 9.17) is 0 Å². The summed E-state index contributed by atoms with van der Waals surface area (Å²) >= 11 is 0. The first-order chi connectivity index (χ1) is 29.3. The molecule has 0 N–H and O–H groups in total. The summed E-state index contributed by atoms with van der Waals surface area (Å²) in [6, 6.07) is 0. The summed E-state index contributed by atoms with van der Waals surface area (Å²) in [6.07, 6.45) is 76.8. The molecule has 1 atom stereocenters. The third-order valence-corrected chi connectivity index (χ3v) is 14.1. The minimum absolute atomic E-state index is 0.634. The molecule has 0 spiro atoms. The Balaban J connectivity index is 2.19. The van der Waals surface area contributed by atoms with Gasteiger partial charge in [-0.3, -0.25) is 0 Å². The van der Waals surface area contributed by atoms with Gasteiger partial charge in [0.05, 0.1) is 0 Å². The van der Waals surface area contributed by atoms with Crippen LogP contribution < -0.4 is 0 Å². The van der Waals surface area contributed by atoms with Gasteiger partial charge >= 0.3 is 0 Å². The highest BCUT2D eigenvalue weighted by molar-refractivity contribution is 4.97. The smallest absolute Gasteiger partial charge is 0.101 e. The minimum Gasteiger partial charge on any atom is -0.356 e. The number of hydrogen-bond donors (Lipinski definition) is 0. The van der Waals surface area contributed by atoms with Crippen molar-refractivity contribution in [2.45, 2.75) is 342 Å². The second-order valence-corrected chi connectivity index (χ2v) is 20.0. The SMILES string of the molecule is CCCCCCCCCCCCCCCCCCCC1N(CCCCCCCCCCCCCCCCC)C=CN1CCCCCCCCCCCCCCCCCC. The van der Waals surface area contributed by atoms with E-state index in [0.29, 0.717) is 6.17 Å². The van der Waals surface area contributed by atoms with Crippen LogP contribution >= 0.6 is 0 Å². The highest BCUT2D eigenvalue weighted by atomic mass is 15.4. The average Bonchev–Trinajstić information content (AvgIpc) is 3.63. The molecule has 0 fully saturated rings. The van der Waals surface area contributed by atoms with E-state index in [-0.39, 0.29) is 0 Å². The van der Waals surface area contributed by atoms with Crippen molar-refractivity contribution in [3.05, 3.63) is 12.4 Å². The predicted molar refractivity (Wildman–Crippen MR) is 270 cm³/mol. The van der Waals surface area contributed by atoms with Crippen LogP contribution in [-0.2, 0) is 0 Å². The lowest BCUT2D eigenvalue weighted by atomic mass is 10.0. The van der Waals surface area contributed by atoms with Gasteiger partial charge < -0.3 is 9.80 Å². The van der Waals surface area contributed by atoms with E-state index in [2.05, 4.69) is 43.0 Å². The molecule has 2 heteroatoms. The Morgan fingerprint density at radius 1 is 0.220 bits per heavy atom. The quantitative estimate of drug-likeness (QED) is 0.0564. The fraction of sp³-hybridized carbons (Fsp3) is 0.965. The van der Waals surface area contributed by atoms with E-state index in [1.807, 2.05) is 0 Å². The second-order valence-electron chi connectivity index (χ2n) is 20.0. The maximum absolute atomic E-state index is 2.75. The Morgan fingerprint density at radius 2 is 0.390 bits per heavy atom. The van der Waals surface area contributed by atoms with Crippen molar-refractivity contribution in [3.63, 3.8) is 0 Å². The third-order valence-electron chi connectivity index (χ3n) is 14.1. The molecule has 0 aromatic rings. The molecule has 0 radical (unpaired) electrons. The molecular weight excluding hydrogens is 713 g/mol. The van der Waals surface area contributed by atoms with E-state index < -0.39 is 0 Å². The van der Waals surface area contributed by atoms with Crippen LogP contribution in [0, 0.1) is 0 Å². The van der Waals surface area contributed by atoms with E-state index in [1.165, 1.54) is 328 Å². The van der Waals surface area contributed by atoms with E-state index >= 15 is 0 Å². The molecule has 2 nitrogen and oxygen atoms in total. The molecule has 1 rings (SSSR count). The first-order valence-corrected chi connectivity index (χ1v) is 28.5. The lowest BCUT2D eigenvalue weighted by molar-refractivity contribution is 0.135. The minimum atomic E-state index is 0.634. The van der Waals surface area contributed by atoms with Crippen LogP contribution in [0.5, 0.6) is 0 Å². The Labute approximate surface area is 375 Å². The molecule has 0 aliphatic carbocycles. The maximum Gasteiger partial charge on any atom is 0.101 e. The molecule has 0 amide bonds. The largest absolute Gasteiger partial charge is 0.356 e. The summed E-state index contributed by atoms with van der Waals surface area (Å²) in [7, 11) is 0. The van der Waals surface area contributed by atoms with Gasteiger partial charge in [0.1, 0.15) is 6.17 Å². The van der Waals surface area contributed by atoms with Gasteiger partial charge in [0.25, 0.3) is 0 Å². The van der Waals surface area contributed by atoms with Crippen LogP contribution in [0.1, 0.15) is 335 Å². The van der Waals surface area contributed by atoms with Crippen molar-refractivity contribution in [3.8, 4) is 0 Å². The summed E-state index contributed by atoms with van der Waals surface area (Å²) in [5.74, 6) is 0. The van der Waals surface area contributed by atoms with Crippen molar-refractivity contribution in [2.75, 3.05) is 13.1 Å². The average molecular weight is 828 g/mol. The Morgan fingerprint density at radius 3 is 0.593 bits per heavy atom. The topological polar surface area (TPSA) is 6.48 Å². The lowest BCUT2D eigenvalue weighted by Crippen LogP contribution is -2.39. The summed E-state index contributed by atoms with van der Waals surface area (Å²) in [5.41, 5.74) is 0. The zero-order valence-electron chi connectivity index (χ0n) is 41.7. The van der Waals surface area contributed by atoms with Gasteiger partial charge in [-0.25, -0.2) is 0 Å². The molecule has 0 saturated heterocycles. The third kappa shape index (κ3) is 39.9. The van der Waals surface area contributed by atoms with Gasteiger partial charge in [-0.05, 0) is 25.7 Å². The second kappa shape index (κ2) is 48.4. The van der Waals surface area contributed by atoms with Gasteiger partial charge in [-0.15, -0.1) is 0 Å². The van der Waals surface area contributed by atoms with E-state index in [9.17, 15) is 0 Å². The van der Waals surface area contributed by atoms with Crippen LogP contribution in [0.4, 0.5) is 0 Å². The van der Waals surface area contributed by atoms with Gasteiger partial charge in [-0.2, -0.15) is 0 Å². The standard InChI is InChI=1S/C57H114N2/c1-4-7-10-13-16-19-22-25-28-30-31-34-37-40-43-46-49-52-57-58(53-50-47-44-41-38-35-32-27-24-21-18-15-12-9-6-3)55-56-59(57)54-51-48-45-42-39-36-33-29-26-23-20-17-14-11-8-5-2/h55-57H,4-54H2,1-3H3.